The van der Waals surface area contributed by atoms with Crippen LogP contribution in [0.2, 0.25) is 0 Å². The molecule has 0 spiro atoms. The summed E-state index contributed by atoms with van der Waals surface area (Å²) in [7, 11) is -2.22. The minimum absolute atomic E-state index is 0.136. The predicted octanol–water partition coefficient (Wildman–Crippen LogP) is 3.78. The van der Waals surface area contributed by atoms with Gasteiger partial charge in [0, 0.05) is 0 Å². The lowest BCUT2D eigenvalue weighted by molar-refractivity contribution is 0.341. The lowest BCUT2D eigenvalue weighted by Crippen LogP contribution is -2.31. The van der Waals surface area contributed by atoms with Crippen molar-refractivity contribution < 1.29 is 17.9 Å². The molecule has 5 nitrogen and oxygen atoms in total. The summed E-state index contributed by atoms with van der Waals surface area (Å²) in [5.41, 5.74) is 1.23. The van der Waals surface area contributed by atoms with E-state index >= 15 is 0 Å². The van der Waals surface area contributed by atoms with Crippen molar-refractivity contribution in [2.24, 2.45) is 0 Å². The average molecular weight is 361 g/mol. The van der Waals surface area contributed by atoms with Crippen molar-refractivity contribution in [2.45, 2.75) is 18.7 Å². The molecule has 0 aromatic heterocycles. The highest BCUT2D eigenvalue weighted by Gasteiger charge is 2.26. The van der Waals surface area contributed by atoms with Crippen molar-refractivity contribution in [3.8, 4) is 11.5 Å². The predicted molar refractivity (Wildman–Crippen MR) is 100 cm³/mol. The van der Waals surface area contributed by atoms with Gasteiger partial charge in [-0.05, 0) is 49.7 Å². The number of hydrogen-bond donors (Lipinski definition) is 0. The van der Waals surface area contributed by atoms with E-state index in [1.807, 2.05) is 19.9 Å². The quantitative estimate of drug-likeness (QED) is 0.672. The molecule has 2 rings (SSSR count). The fraction of sp³-hybridized carbons (Fsp3) is 0.263. The molecular formula is C19H23NO4S. The smallest absolute Gasteiger partial charge is 0.264 e. The molecule has 0 heterocycles. The van der Waals surface area contributed by atoms with Gasteiger partial charge in [0.25, 0.3) is 10.0 Å². The van der Waals surface area contributed by atoms with Gasteiger partial charge in [-0.2, -0.15) is 0 Å². The largest absolute Gasteiger partial charge is 0.496 e. The Hall–Kier alpha value is -2.47. The first kappa shape index (κ1) is 18.9. The van der Waals surface area contributed by atoms with Gasteiger partial charge in [-0.3, -0.25) is 4.31 Å². The lowest BCUT2D eigenvalue weighted by Gasteiger charge is -2.25. The highest BCUT2D eigenvalue weighted by atomic mass is 32.2. The van der Waals surface area contributed by atoms with Crippen molar-refractivity contribution >= 4 is 15.7 Å². The van der Waals surface area contributed by atoms with E-state index in [4.69, 9.17) is 9.47 Å². The Kier molecular flexibility index (Phi) is 6.09. The van der Waals surface area contributed by atoms with Gasteiger partial charge in [0.2, 0.25) is 0 Å². The Morgan fingerprint density at radius 2 is 1.88 bits per heavy atom. The number of anilines is 1. The molecular weight excluding hydrogens is 338 g/mol. The molecule has 2 aromatic rings. The second-order valence-electron chi connectivity index (χ2n) is 5.36. The maximum absolute atomic E-state index is 13.2. The molecule has 6 heteroatoms. The molecule has 25 heavy (non-hydrogen) atoms. The minimum Gasteiger partial charge on any atom is -0.496 e. The fourth-order valence-electron chi connectivity index (χ4n) is 2.52. The second-order valence-corrected chi connectivity index (χ2v) is 7.22. The van der Waals surface area contributed by atoms with Gasteiger partial charge in [-0.1, -0.05) is 18.2 Å². The van der Waals surface area contributed by atoms with Crippen molar-refractivity contribution in [3.63, 3.8) is 0 Å². The summed E-state index contributed by atoms with van der Waals surface area (Å²) in [6, 6.07) is 11.9. The summed E-state index contributed by atoms with van der Waals surface area (Å²) < 4.78 is 38.5. The van der Waals surface area contributed by atoms with Crippen LogP contribution in [0, 0.1) is 6.92 Å². The minimum atomic E-state index is -3.78. The Morgan fingerprint density at radius 1 is 1.16 bits per heavy atom. The molecule has 0 amide bonds. The topological polar surface area (TPSA) is 55.8 Å². The van der Waals surface area contributed by atoms with Gasteiger partial charge in [-0.25, -0.2) is 8.42 Å². The van der Waals surface area contributed by atoms with Crippen LogP contribution in [-0.4, -0.2) is 28.7 Å². The Morgan fingerprint density at radius 3 is 2.48 bits per heavy atom. The number of benzene rings is 2. The summed E-state index contributed by atoms with van der Waals surface area (Å²) in [6.07, 6.45) is 1.55. The first-order valence-corrected chi connectivity index (χ1v) is 9.39. The zero-order chi connectivity index (χ0) is 18.4. The Balaban J connectivity index is 2.56. The summed E-state index contributed by atoms with van der Waals surface area (Å²) >= 11 is 0. The second kappa shape index (κ2) is 8.07. The van der Waals surface area contributed by atoms with Gasteiger partial charge < -0.3 is 9.47 Å². The molecule has 2 aromatic carbocycles. The Labute approximate surface area is 149 Å². The molecule has 0 aliphatic rings. The zero-order valence-corrected chi connectivity index (χ0v) is 15.5. The van der Waals surface area contributed by atoms with E-state index in [1.165, 1.54) is 4.31 Å². The van der Waals surface area contributed by atoms with Crippen molar-refractivity contribution in [2.75, 3.05) is 24.6 Å². The van der Waals surface area contributed by atoms with E-state index < -0.39 is 10.0 Å². The molecule has 0 radical (unpaired) electrons. The van der Waals surface area contributed by atoms with Crippen LogP contribution in [0.15, 0.2) is 60.0 Å². The van der Waals surface area contributed by atoms with E-state index in [1.54, 1.807) is 49.6 Å². The lowest BCUT2D eigenvalue weighted by atomic mass is 10.2. The first-order chi connectivity index (χ1) is 12.0. The normalized spacial score (nSPS) is 11.0. The molecule has 0 saturated carbocycles. The van der Waals surface area contributed by atoms with Gasteiger partial charge in [0.15, 0.2) is 0 Å². The number of ether oxygens (including phenoxy) is 2. The van der Waals surface area contributed by atoms with E-state index in [9.17, 15) is 8.42 Å². The van der Waals surface area contributed by atoms with Crippen LogP contribution in [0.5, 0.6) is 11.5 Å². The van der Waals surface area contributed by atoms with Gasteiger partial charge >= 0.3 is 0 Å². The fourth-order valence-corrected chi connectivity index (χ4v) is 4.05. The molecule has 0 fully saturated rings. The van der Waals surface area contributed by atoms with E-state index in [0.29, 0.717) is 23.8 Å². The summed E-state index contributed by atoms with van der Waals surface area (Å²) in [4.78, 5) is 0.193. The molecule has 134 valence electrons. The maximum atomic E-state index is 13.2. The monoisotopic (exact) mass is 361 g/mol. The van der Waals surface area contributed by atoms with Crippen LogP contribution in [0.3, 0.4) is 0 Å². The summed E-state index contributed by atoms with van der Waals surface area (Å²) in [5.74, 6) is 1.16. The van der Waals surface area contributed by atoms with Crippen molar-refractivity contribution in [3.05, 3.63) is 60.7 Å². The number of sulfonamides is 1. The summed E-state index contributed by atoms with van der Waals surface area (Å²) in [5, 5.41) is 0. The van der Waals surface area contributed by atoms with E-state index in [-0.39, 0.29) is 11.4 Å². The maximum Gasteiger partial charge on any atom is 0.264 e. The zero-order valence-electron chi connectivity index (χ0n) is 14.7. The van der Waals surface area contributed by atoms with Crippen LogP contribution < -0.4 is 13.8 Å². The molecule has 0 N–H and O–H groups in total. The van der Waals surface area contributed by atoms with Crippen LogP contribution in [0.4, 0.5) is 5.69 Å². The molecule has 0 bridgehead atoms. The number of para-hydroxylation sites is 2. The highest BCUT2D eigenvalue weighted by molar-refractivity contribution is 7.92. The van der Waals surface area contributed by atoms with Gasteiger partial charge in [0.1, 0.15) is 11.5 Å². The SMILES string of the molecule is C=CCN(c1ccccc1OCC)S(=O)(=O)c1ccc(OC)c(C)c1. The standard InChI is InChI=1S/C19H23NO4S/c1-5-13-20(17-9-7-8-10-19(17)24-6-2)25(21,22)16-11-12-18(23-4)15(3)14-16/h5,7-12,14H,1,6,13H2,2-4H3. The third kappa shape index (κ3) is 3.96. The summed E-state index contributed by atoms with van der Waals surface area (Å²) in [6.45, 7) is 7.93. The Bertz CT molecular complexity index is 846. The molecule has 0 unspecified atom stereocenters. The number of aryl methyl sites for hydroxylation is 1. The van der Waals surface area contributed by atoms with Crippen molar-refractivity contribution in [1.29, 1.82) is 0 Å². The average Bonchev–Trinajstić information content (AvgIpc) is 2.60. The third-order valence-electron chi connectivity index (χ3n) is 3.68. The van der Waals surface area contributed by atoms with Crippen LogP contribution in [0.25, 0.3) is 0 Å². The number of nitrogens with zero attached hydrogens (tertiary/aromatic N) is 1. The molecule has 0 aliphatic heterocycles. The third-order valence-corrected chi connectivity index (χ3v) is 5.46. The first-order valence-electron chi connectivity index (χ1n) is 7.95. The van der Waals surface area contributed by atoms with E-state index in [0.717, 1.165) is 5.56 Å². The van der Waals surface area contributed by atoms with Crippen LogP contribution in [-0.2, 0) is 10.0 Å². The number of methoxy groups -OCH3 is 1. The van der Waals surface area contributed by atoms with Crippen LogP contribution in [0.1, 0.15) is 12.5 Å². The van der Waals surface area contributed by atoms with Crippen molar-refractivity contribution in [1.82, 2.24) is 0 Å². The molecule has 0 aliphatic carbocycles. The number of rotatable bonds is 8. The highest BCUT2D eigenvalue weighted by Crippen LogP contribution is 2.33. The van der Waals surface area contributed by atoms with Crippen LogP contribution >= 0.6 is 0 Å². The van der Waals surface area contributed by atoms with Gasteiger partial charge in [-0.15, -0.1) is 6.58 Å². The molecule has 0 atom stereocenters. The van der Waals surface area contributed by atoms with Gasteiger partial charge in [0.05, 0.1) is 30.8 Å². The number of hydrogen-bond acceptors (Lipinski definition) is 4. The molecule has 0 saturated heterocycles. The van der Waals surface area contributed by atoms with E-state index in [2.05, 4.69) is 6.58 Å².